The molecule has 1 atom stereocenters. The largest absolute Gasteiger partial charge is 0.426 e. The van der Waals surface area contributed by atoms with Crippen molar-refractivity contribution < 1.29 is 9.53 Å². The molecule has 17 heavy (non-hydrogen) atoms. The summed E-state index contributed by atoms with van der Waals surface area (Å²) in [6.07, 6.45) is 1.94. The van der Waals surface area contributed by atoms with E-state index < -0.39 is 0 Å². The highest BCUT2D eigenvalue weighted by molar-refractivity contribution is 7.98. The molecule has 1 aliphatic carbocycles. The zero-order valence-corrected chi connectivity index (χ0v) is 10.0. The summed E-state index contributed by atoms with van der Waals surface area (Å²) in [7, 11) is 0. The maximum atomic E-state index is 11.5. The summed E-state index contributed by atoms with van der Waals surface area (Å²) in [6, 6.07) is 7.70. The first-order chi connectivity index (χ1) is 8.33. The molecule has 0 spiro atoms. The number of ether oxygens (including phenoxy) is 1. The van der Waals surface area contributed by atoms with E-state index in [1.165, 1.54) is 11.9 Å². The van der Waals surface area contributed by atoms with Gasteiger partial charge in [0.1, 0.15) is 11.8 Å². The summed E-state index contributed by atoms with van der Waals surface area (Å²) in [5.74, 6) is 1.54. The number of rotatable bonds is 3. The first kappa shape index (κ1) is 10.8. The number of esters is 1. The van der Waals surface area contributed by atoms with Crippen LogP contribution in [0.4, 0.5) is 0 Å². The molecule has 1 aromatic rings. The molecule has 1 aromatic carbocycles. The number of carbonyl (C=O) groups is 1. The van der Waals surface area contributed by atoms with Crippen LogP contribution in [0.2, 0.25) is 0 Å². The lowest BCUT2D eigenvalue weighted by atomic mass is 10.1. The molecular weight excluding hydrogens is 236 g/mol. The summed E-state index contributed by atoms with van der Waals surface area (Å²) < 4.78 is 9.16. The van der Waals surface area contributed by atoms with Gasteiger partial charge in [-0.1, -0.05) is 12.1 Å². The maximum absolute atomic E-state index is 11.5. The van der Waals surface area contributed by atoms with Gasteiger partial charge in [0.25, 0.3) is 0 Å². The zero-order chi connectivity index (χ0) is 11.7. The van der Waals surface area contributed by atoms with Crippen LogP contribution >= 0.6 is 11.9 Å². The van der Waals surface area contributed by atoms with Crippen LogP contribution in [0.3, 0.4) is 0 Å². The Balaban J connectivity index is 1.66. The molecule has 1 aliphatic heterocycles. The van der Waals surface area contributed by atoms with Gasteiger partial charge in [0.2, 0.25) is 0 Å². The van der Waals surface area contributed by atoms with E-state index in [2.05, 4.69) is 9.63 Å². The number of benzene rings is 1. The second kappa shape index (κ2) is 4.49. The zero-order valence-electron chi connectivity index (χ0n) is 9.20. The third kappa shape index (κ3) is 2.49. The first-order valence-electron chi connectivity index (χ1n) is 5.67. The van der Waals surface area contributed by atoms with Crippen LogP contribution < -0.4 is 4.74 Å². The molecular formula is C12H12N2O2S. The standard InChI is InChI=1S/C12H12N2O2S/c15-12(9-1-2-9)16-10-5-3-8(4-6-10)11-7-17-14-13-11/h3-6,9,11H,1-2,7H2. The second-order valence-corrected chi connectivity index (χ2v) is 5.03. The van der Waals surface area contributed by atoms with Crippen molar-refractivity contribution in [1.82, 2.24) is 0 Å². The van der Waals surface area contributed by atoms with E-state index in [1.807, 2.05) is 24.3 Å². The molecule has 0 amide bonds. The topological polar surface area (TPSA) is 51.0 Å². The third-order valence-electron chi connectivity index (χ3n) is 2.87. The van der Waals surface area contributed by atoms with Gasteiger partial charge in [-0.15, -0.1) is 4.52 Å². The summed E-state index contributed by atoms with van der Waals surface area (Å²) >= 11 is 1.48. The average molecular weight is 248 g/mol. The normalized spacial score (nSPS) is 22.7. The van der Waals surface area contributed by atoms with Crippen molar-refractivity contribution in [1.29, 1.82) is 0 Å². The Morgan fingerprint density at radius 1 is 1.29 bits per heavy atom. The van der Waals surface area contributed by atoms with Crippen LogP contribution in [0, 0.1) is 5.92 Å². The Hall–Kier alpha value is -1.36. The highest BCUT2D eigenvalue weighted by Gasteiger charge is 2.31. The molecule has 1 saturated carbocycles. The van der Waals surface area contributed by atoms with Crippen molar-refractivity contribution in [2.24, 2.45) is 15.6 Å². The molecule has 0 radical (unpaired) electrons. The predicted molar refractivity (Wildman–Crippen MR) is 64.9 cm³/mol. The lowest BCUT2D eigenvalue weighted by molar-refractivity contribution is -0.135. The van der Waals surface area contributed by atoms with Gasteiger partial charge in [0.15, 0.2) is 0 Å². The SMILES string of the molecule is O=C(Oc1ccc(C2CSN=N2)cc1)C1CC1. The fourth-order valence-electron chi connectivity index (χ4n) is 1.67. The number of hydrogen-bond acceptors (Lipinski definition) is 5. The van der Waals surface area contributed by atoms with Crippen LogP contribution in [-0.2, 0) is 4.79 Å². The van der Waals surface area contributed by atoms with Gasteiger partial charge in [-0.25, -0.2) is 0 Å². The Kier molecular flexibility index (Phi) is 2.84. The number of nitrogens with zero attached hydrogens (tertiary/aromatic N) is 2. The average Bonchev–Trinajstić information content (AvgIpc) is 3.07. The Morgan fingerprint density at radius 3 is 2.65 bits per heavy atom. The predicted octanol–water partition coefficient (Wildman–Crippen LogP) is 3.16. The minimum absolute atomic E-state index is 0.103. The van der Waals surface area contributed by atoms with Crippen molar-refractivity contribution in [3.63, 3.8) is 0 Å². The molecule has 0 aromatic heterocycles. The monoisotopic (exact) mass is 248 g/mol. The minimum Gasteiger partial charge on any atom is -0.426 e. The van der Waals surface area contributed by atoms with Crippen molar-refractivity contribution in [3.05, 3.63) is 29.8 Å². The van der Waals surface area contributed by atoms with Crippen LogP contribution in [0.25, 0.3) is 0 Å². The smallest absolute Gasteiger partial charge is 0.314 e. The van der Waals surface area contributed by atoms with Crippen molar-refractivity contribution in [3.8, 4) is 5.75 Å². The fraction of sp³-hybridized carbons (Fsp3) is 0.417. The molecule has 5 heteroatoms. The molecule has 1 unspecified atom stereocenters. The van der Waals surface area contributed by atoms with Crippen LogP contribution in [0.1, 0.15) is 24.4 Å². The summed E-state index contributed by atoms with van der Waals surface area (Å²) in [5.41, 5.74) is 1.12. The van der Waals surface area contributed by atoms with Gasteiger partial charge in [0.05, 0.1) is 5.92 Å². The van der Waals surface area contributed by atoms with E-state index in [0.29, 0.717) is 5.75 Å². The van der Waals surface area contributed by atoms with E-state index in [4.69, 9.17) is 4.74 Å². The molecule has 3 rings (SSSR count). The van der Waals surface area contributed by atoms with Crippen LogP contribution in [0.5, 0.6) is 5.75 Å². The lowest BCUT2D eigenvalue weighted by Crippen LogP contribution is -2.09. The van der Waals surface area contributed by atoms with Gasteiger partial charge in [-0.2, -0.15) is 5.11 Å². The number of hydrogen-bond donors (Lipinski definition) is 0. The van der Waals surface area contributed by atoms with Crippen LogP contribution in [0.15, 0.2) is 33.9 Å². The molecule has 0 saturated heterocycles. The molecule has 0 N–H and O–H groups in total. The van der Waals surface area contributed by atoms with Gasteiger partial charge >= 0.3 is 5.97 Å². The summed E-state index contributed by atoms with van der Waals surface area (Å²) in [6.45, 7) is 0. The van der Waals surface area contributed by atoms with Gasteiger partial charge < -0.3 is 4.74 Å². The molecule has 0 bridgehead atoms. The lowest BCUT2D eigenvalue weighted by Gasteiger charge is -2.07. The van der Waals surface area contributed by atoms with E-state index >= 15 is 0 Å². The van der Waals surface area contributed by atoms with E-state index in [0.717, 1.165) is 24.2 Å². The molecule has 4 nitrogen and oxygen atoms in total. The third-order valence-corrected chi connectivity index (χ3v) is 3.55. The molecule has 1 fully saturated rings. The highest BCUT2D eigenvalue weighted by Crippen LogP contribution is 2.32. The molecule has 2 aliphatic rings. The summed E-state index contributed by atoms with van der Waals surface area (Å²) in [4.78, 5) is 11.5. The second-order valence-electron chi connectivity index (χ2n) is 4.27. The van der Waals surface area contributed by atoms with Crippen LogP contribution in [-0.4, -0.2) is 11.7 Å². The molecule has 1 heterocycles. The van der Waals surface area contributed by atoms with Gasteiger partial charge in [0, 0.05) is 5.75 Å². The minimum atomic E-state index is -0.103. The molecule has 88 valence electrons. The number of carbonyl (C=O) groups excluding carboxylic acids is 1. The first-order valence-corrected chi connectivity index (χ1v) is 6.61. The van der Waals surface area contributed by atoms with Crippen molar-refractivity contribution >= 4 is 17.9 Å². The van der Waals surface area contributed by atoms with Crippen molar-refractivity contribution in [2.75, 3.05) is 5.75 Å². The Morgan fingerprint density at radius 2 is 2.06 bits per heavy atom. The van der Waals surface area contributed by atoms with E-state index in [1.54, 1.807) is 0 Å². The summed E-state index contributed by atoms with van der Waals surface area (Å²) in [5, 5.41) is 4.11. The van der Waals surface area contributed by atoms with E-state index in [-0.39, 0.29) is 17.9 Å². The van der Waals surface area contributed by atoms with Gasteiger partial charge in [-0.05, 0) is 42.5 Å². The Labute approximate surface area is 104 Å². The van der Waals surface area contributed by atoms with Gasteiger partial charge in [-0.3, -0.25) is 4.79 Å². The van der Waals surface area contributed by atoms with E-state index in [9.17, 15) is 4.79 Å². The Bertz CT molecular complexity index is 454. The quantitative estimate of drug-likeness (QED) is 0.469. The fourth-order valence-corrected chi connectivity index (χ4v) is 2.31. The highest BCUT2D eigenvalue weighted by atomic mass is 32.2. The van der Waals surface area contributed by atoms with Crippen molar-refractivity contribution in [2.45, 2.75) is 18.9 Å². The maximum Gasteiger partial charge on any atom is 0.314 e.